The fourth-order valence-electron chi connectivity index (χ4n) is 4.77. The largest absolute Gasteiger partial charge is 0.453 e. The smallest absolute Gasteiger partial charge is 0.357 e. The fourth-order valence-corrected chi connectivity index (χ4v) is 10.3. The summed E-state index contributed by atoms with van der Waals surface area (Å²) in [4.78, 5) is 39.6. The van der Waals surface area contributed by atoms with Crippen molar-refractivity contribution in [2.24, 2.45) is 0 Å². The topological polar surface area (TPSA) is 160 Å². The maximum Gasteiger partial charge on any atom is 0.357 e. The number of nitrogens with one attached hydrogen (secondary N) is 1. The highest BCUT2D eigenvalue weighted by Gasteiger charge is 2.48. The highest BCUT2D eigenvalue weighted by Crippen LogP contribution is 2.67. The van der Waals surface area contributed by atoms with Gasteiger partial charge in [0.05, 0.1) is 18.7 Å². The monoisotopic (exact) mass is 783 g/mol. The number of hydrogen-bond donors (Lipinski definition) is 1. The van der Waals surface area contributed by atoms with Crippen LogP contribution >= 0.6 is 25.8 Å². The summed E-state index contributed by atoms with van der Waals surface area (Å²) in [6.45, 7) is 0. The summed E-state index contributed by atoms with van der Waals surface area (Å²) in [6.07, 6.45) is 0. The molecule has 1 aliphatic heterocycles. The van der Waals surface area contributed by atoms with E-state index in [-0.39, 0.29) is 37.6 Å². The molecule has 0 radical (unpaired) electrons. The number of nitro groups is 2. The number of hydrogen-bond acceptors (Lipinski definition) is 13. The zero-order valence-corrected chi connectivity index (χ0v) is 30.6. The standard InChI is InChI=1S/C36H28N5O10P3/c42-38(43)31-23-13-14-24-32(31)49-41-53(37-52-40(48-29-19-9-3-10-20-29)54(41)50-30-21-11-4-12-22-30)51-33-25-26-34(46-27-15-5-1-6-16-27)36(35(33)39(44)45)47-28-17-7-2-8-18-28/h1-26,37,52H. The van der Waals surface area contributed by atoms with E-state index < -0.39 is 32.4 Å². The fraction of sp³-hybridized carbons (Fsp3) is 0. The van der Waals surface area contributed by atoms with Crippen LogP contribution in [0.25, 0.3) is 0 Å². The van der Waals surface area contributed by atoms with Crippen LogP contribution in [0.15, 0.2) is 158 Å². The van der Waals surface area contributed by atoms with Gasteiger partial charge in [-0.3, -0.25) is 20.2 Å². The van der Waals surface area contributed by atoms with E-state index in [4.69, 9.17) is 28.2 Å². The minimum Gasteiger partial charge on any atom is -0.453 e. The predicted molar refractivity (Wildman–Crippen MR) is 204 cm³/mol. The number of nitro benzene ring substituents is 2. The highest BCUT2D eigenvalue weighted by molar-refractivity contribution is 7.74. The molecule has 3 atom stereocenters. The van der Waals surface area contributed by atoms with Gasteiger partial charge in [0.1, 0.15) is 23.0 Å². The molecule has 1 N–H and O–H groups in total. The van der Waals surface area contributed by atoms with Gasteiger partial charge in [-0.15, -0.1) is 0 Å². The molecule has 272 valence electrons. The lowest BCUT2D eigenvalue weighted by Crippen LogP contribution is -2.37. The lowest BCUT2D eigenvalue weighted by atomic mass is 10.2. The van der Waals surface area contributed by atoms with E-state index in [0.717, 1.165) is 0 Å². The summed E-state index contributed by atoms with van der Waals surface area (Å²) >= 11 is 0. The Kier molecular flexibility index (Phi) is 11.7. The number of para-hydroxylation sites is 6. The van der Waals surface area contributed by atoms with Crippen LogP contribution in [0.4, 0.5) is 11.4 Å². The Bertz CT molecular complexity index is 2200. The van der Waals surface area contributed by atoms with Gasteiger partial charge in [-0.1, -0.05) is 84.9 Å². The number of benzene rings is 6. The van der Waals surface area contributed by atoms with Crippen LogP contribution in [0, 0.1) is 20.2 Å². The minimum atomic E-state index is -2.24. The molecule has 1 heterocycles. The van der Waals surface area contributed by atoms with E-state index in [0.29, 0.717) is 23.0 Å². The van der Waals surface area contributed by atoms with Crippen molar-refractivity contribution in [1.29, 1.82) is 0 Å². The first-order chi connectivity index (χ1) is 26.4. The molecule has 6 aromatic carbocycles. The van der Waals surface area contributed by atoms with Crippen molar-refractivity contribution < 1.29 is 38.0 Å². The molecule has 15 nitrogen and oxygen atoms in total. The summed E-state index contributed by atoms with van der Waals surface area (Å²) in [6, 6.07) is 43.7. The maximum atomic E-state index is 12.9. The molecule has 0 bridgehead atoms. The molecular formula is C36H28N5O10P3. The summed E-state index contributed by atoms with van der Waals surface area (Å²) in [5.41, 5.74) is -0.876. The highest BCUT2D eigenvalue weighted by atomic mass is 31.3. The summed E-state index contributed by atoms with van der Waals surface area (Å²) < 4.78 is 27.9. The van der Waals surface area contributed by atoms with Crippen LogP contribution in [-0.4, -0.2) is 19.1 Å². The normalized spacial score (nSPS) is 16.2. The van der Waals surface area contributed by atoms with Gasteiger partial charge in [-0.25, -0.2) is 4.86 Å². The molecule has 1 saturated heterocycles. The van der Waals surface area contributed by atoms with Crippen LogP contribution in [0.1, 0.15) is 0 Å². The van der Waals surface area contributed by atoms with Crippen molar-refractivity contribution in [2.75, 3.05) is 0 Å². The summed E-state index contributed by atoms with van der Waals surface area (Å²) in [5.74, 6) is 1.13. The molecular weight excluding hydrogens is 755 g/mol. The average Bonchev–Trinajstić information content (AvgIpc) is 3.19. The SMILES string of the molecule is O=[N+]([O-])c1ccccc1ON1P(Oc2ccc(Oc3ccccc3)c(Oc3ccccc3)c2[N+](=O)[O-])NPN(Oc2ccccc2)P1Oc1ccccc1. The molecule has 7 rings (SSSR count). The second-order valence-electron chi connectivity index (χ2n) is 10.8. The molecule has 0 aromatic heterocycles. The zero-order valence-electron chi connectivity index (χ0n) is 27.8. The van der Waals surface area contributed by atoms with Crippen molar-refractivity contribution in [1.82, 2.24) is 14.1 Å². The molecule has 0 amide bonds. The maximum absolute atomic E-state index is 12.9. The lowest BCUT2D eigenvalue weighted by Gasteiger charge is -2.41. The number of ether oxygens (including phenoxy) is 2. The third kappa shape index (κ3) is 8.82. The van der Waals surface area contributed by atoms with Crippen molar-refractivity contribution >= 4 is 37.2 Å². The van der Waals surface area contributed by atoms with Gasteiger partial charge in [0, 0.05) is 10.7 Å². The van der Waals surface area contributed by atoms with Gasteiger partial charge in [0.15, 0.2) is 5.75 Å². The zero-order chi connectivity index (χ0) is 37.3. The molecule has 0 spiro atoms. The van der Waals surface area contributed by atoms with Crippen LogP contribution in [0.3, 0.4) is 0 Å². The van der Waals surface area contributed by atoms with Crippen LogP contribution in [-0.2, 0) is 0 Å². The Hall–Kier alpha value is -5.91. The molecule has 0 saturated carbocycles. The quantitative estimate of drug-likeness (QED) is 0.0632. The van der Waals surface area contributed by atoms with E-state index in [1.807, 2.05) is 18.2 Å². The van der Waals surface area contributed by atoms with E-state index in [1.54, 1.807) is 109 Å². The molecule has 54 heavy (non-hydrogen) atoms. The van der Waals surface area contributed by atoms with Gasteiger partial charge in [-0.2, -0.15) is 0 Å². The summed E-state index contributed by atoms with van der Waals surface area (Å²) in [7, 11) is -4.76. The van der Waals surface area contributed by atoms with E-state index >= 15 is 0 Å². The molecule has 1 fully saturated rings. The Morgan fingerprint density at radius 3 is 1.69 bits per heavy atom. The van der Waals surface area contributed by atoms with E-state index in [9.17, 15) is 20.2 Å². The number of rotatable bonds is 14. The molecule has 6 aromatic rings. The first kappa shape index (κ1) is 36.4. The Morgan fingerprint density at radius 1 is 0.537 bits per heavy atom. The third-order valence-electron chi connectivity index (χ3n) is 7.17. The van der Waals surface area contributed by atoms with Gasteiger partial charge in [0.2, 0.25) is 11.5 Å². The Labute approximate surface area is 312 Å². The van der Waals surface area contributed by atoms with Gasteiger partial charge < -0.3 is 28.2 Å². The van der Waals surface area contributed by atoms with Crippen LogP contribution in [0.2, 0.25) is 0 Å². The van der Waals surface area contributed by atoms with Crippen molar-refractivity contribution in [3.63, 3.8) is 0 Å². The van der Waals surface area contributed by atoms with Crippen LogP contribution < -0.4 is 33.1 Å². The van der Waals surface area contributed by atoms with E-state index in [1.165, 1.54) is 39.5 Å². The van der Waals surface area contributed by atoms with Crippen LogP contribution in [0.5, 0.6) is 46.0 Å². The first-order valence-electron chi connectivity index (χ1n) is 16.0. The van der Waals surface area contributed by atoms with Gasteiger partial charge >= 0.3 is 19.8 Å². The minimum absolute atomic E-state index is 0.0560. The Balaban J connectivity index is 1.31. The third-order valence-corrected chi connectivity index (χ3v) is 12.3. The van der Waals surface area contributed by atoms with Gasteiger partial charge in [0.25, 0.3) is 14.2 Å². The molecule has 1 aliphatic rings. The van der Waals surface area contributed by atoms with E-state index in [2.05, 4.69) is 4.86 Å². The van der Waals surface area contributed by atoms with Crippen molar-refractivity contribution in [3.8, 4) is 46.0 Å². The second kappa shape index (κ2) is 17.3. The average molecular weight is 784 g/mol. The second-order valence-corrected chi connectivity index (χ2v) is 15.5. The first-order valence-corrected chi connectivity index (χ1v) is 19.3. The molecule has 18 heteroatoms. The van der Waals surface area contributed by atoms with Crippen molar-refractivity contribution in [2.45, 2.75) is 0 Å². The molecule has 0 aliphatic carbocycles. The van der Waals surface area contributed by atoms with Gasteiger partial charge in [-0.05, 0) is 71.3 Å². The Morgan fingerprint density at radius 2 is 1.07 bits per heavy atom. The summed E-state index contributed by atoms with van der Waals surface area (Å²) in [5, 5.41) is 25.0. The molecule has 3 unspecified atom stereocenters. The predicted octanol–water partition coefficient (Wildman–Crippen LogP) is 10.7. The van der Waals surface area contributed by atoms with Crippen molar-refractivity contribution in [3.05, 3.63) is 178 Å². The lowest BCUT2D eigenvalue weighted by molar-refractivity contribution is -0.386. The number of nitrogens with zero attached hydrogens (tertiary/aromatic N) is 4.